The van der Waals surface area contributed by atoms with Gasteiger partial charge in [0.25, 0.3) is 0 Å². The maximum absolute atomic E-state index is 6.21. The molecule has 1 aliphatic heterocycles. The summed E-state index contributed by atoms with van der Waals surface area (Å²) in [6.45, 7) is 7.84. The van der Waals surface area contributed by atoms with Crippen LogP contribution in [-0.2, 0) is 4.74 Å². The number of nitrogens with one attached hydrogen (secondary N) is 1. The third kappa shape index (κ3) is 5.54. The van der Waals surface area contributed by atoms with Crippen LogP contribution in [0, 0.1) is 5.92 Å². The van der Waals surface area contributed by atoms with Crippen LogP contribution in [0.15, 0.2) is 0 Å². The average Bonchev–Trinajstić information content (AvgIpc) is 2.95. The van der Waals surface area contributed by atoms with Crippen molar-refractivity contribution in [3.63, 3.8) is 0 Å². The summed E-state index contributed by atoms with van der Waals surface area (Å²) in [5, 5.41) is 3.49. The van der Waals surface area contributed by atoms with Gasteiger partial charge in [0.2, 0.25) is 0 Å². The molecule has 2 fully saturated rings. The molecule has 0 aromatic heterocycles. The number of hydrogen-bond donors (Lipinski definition) is 1. The summed E-state index contributed by atoms with van der Waals surface area (Å²) in [7, 11) is 2.31. The number of rotatable bonds is 8. The molecule has 1 N–H and O–H groups in total. The molecule has 2 unspecified atom stereocenters. The first-order valence-corrected chi connectivity index (χ1v) is 9.29. The van der Waals surface area contributed by atoms with Gasteiger partial charge in [-0.05, 0) is 64.5 Å². The molecule has 0 bridgehead atoms. The SMILES string of the molecule is CCCNCC1CCC(CN(C)C2CCC(CC)CC2)O1. The Hall–Kier alpha value is -0.120. The van der Waals surface area contributed by atoms with Crippen molar-refractivity contribution < 1.29 is 4.74 Å². The van der Waals surface area contributed by atoms with Gasteiger partial charge in [-0.1, -0.05) is 20.3 Å². The average molecular weight is 296 g/mol. The van der Waals surface area contributed by atoms with Crippen LogP contribution in [0.3, 0.4) is 0 Å². The largest absolute Gasteiger partial charge is 0.372 e. The van der Waals surface area contributed by atoms with Gasteiger partial charge in [-0.15, -0.1) is 0 Å². The van der Waals surface area contributed by atoms with E-state index in [9.17, 15) is 0 Å². The Balaban J connectivity index is 1.63. The minimum Gasteiger partial charge on any atom is -0.372 e. The van der Waals surface area contributed by atoms with Crippen molar-refractivity contribution in [3.05, 3.63) is 0 Å². The molecule has 124 valence electrons. The molecule has 0 spiro atoms. The Labute approximate surface area is 131 Å². The highest BCUT2D eigenvalue weighted by molar-refractivity contribution is 4.82. The zero-order valence-corrected chi connectivity index (χ0v) is 14.4. The monoisotopic (exact) mass is 296 g/mol. The minimum atomic E-state index is 0.450. The lowest BCUT2D eigenvalue weighted by Gasteiger charge is -2.35. The summed E-state index contributed by atoms with van der Waals surface area (Å²) >= 11 is 0. The fraction of sp³-hybridized carbons (Fsp3) is 1.00. The molecule has 0 aromatic carbocycles. The Morgan fingerprint density at radius 1 is 1.00 bits per heavy atom. The van der Waals surface area contributed by atoms with Crippen molar-refractivity contribution in [2.45, 2.75) is 83.5 Å². The highest BCUT2D eigenvalue weighted by atomic mass is 16.5. The van der Waals surface area contributed by atoms with Crippen LogP contribution in [0.2, 0.25) is 0 Å². The van der Waals surface area contributed by atoms with Gasteiger partial charge in [-0.25, -0.2) is 0 Å². The molecule has 2 atom stereocenters. The Bertz CT molecular complexity index is 276. The molecule has 21 heavy (non-hydrogen) atoms. The first-order valence-electron chi connectivity index (χ1n) is 9.29. The van der Waals surface area contributed by atoms with E-state index in [2.05, 4.69) is 31.1 Å². The van der Waals surface area contributed by atoms with Gasteiger partial charge in [-0.2, -0.15) is 0 Å². The van der Waals surface area contributed by atoms with Gasteiger partial charge >= 0.3 is 0 Å². The van der Waals surface area contributed by atoms with Crippen LogP contribution in [0.4, 0.5) is 0 Å². The first kappa shape index (κ1) is 17.2. The summed E-state index contributed by atoms with van der Waals surface area (Å²) in [6, 6.07) is 0.800. The van der Waals surface area contributed by atoms with Crippen molar-refractivity contribution in [2.75, 3.05) is 26.7 Å². The molecule has 0 amide bonds. The van der Waals surface area contributed by atoms with Crippen LogP contribution >= 0.6 is 0 Å². The van der Waals surface area contributed by atoms with E-state index < -0.39 is 0 Å². The standard InChI is InChI=1S/C18H36N2O/c1-4-12-19-13-17-10-11-18(21-17)14-20(3)16-8-6-15(5-2)7-9-16/h15-19H,4-14H2,1-3H3. The second kappa shape index (κ2) is 9.12. The van der Waals surface area contributed by atoms with Crippen molar-refractivity contribution in [2.24, 2.45) is 5.92 Å². The summed E-state index contributed by atoms with van der Waals surface area (Å²) in [5.41, 5.74) is 0. The highest BCUT2D eigenvalue weighted by Gasteiger charge is 2.29. The molecule has 1 aliphatic carbocycles. The van der Waals surface area contributed by atoms with E-state index in [-0.39, 0.29) is 0 Å². The van der Waals surface area contributed by atoms with Crippen LogP contribution in [0.5, 0.6) is 0 Å². The second-order valence-corrected chi connectivity index (χ2v) is 7.18. The lowest BCUT2D eigenvalue weighted by Crippen LogP contribution is -2.40. The van der Waals surface area contributed by atoms with Crippen molar-refractivity contribution in [1.29, 1.82) is 0 Å². The molecule has 2 aliphatic rings. The van der Waals surface area contributed by atoms with Crippen molar-refractivity contribution in [1.82, 2.24) is 10.2 Å². The fourth-order valence-corrected chi connectivity index (χ4v) is 3.97. The summed E-state index contributed by atoms with van der Waals surface area (Å²) < 4.78 is 6.21. The van der Waals surface area contributed by atoms with Crippen LogP contribution in [0.1, 0.15) is 65.2 Å². The van der Waals surface area contributed by atoms with Crippen LogP contribution < -0.4 is 5.32 Å². The molecular weight excluding hydrogens is 260 g/mol. The smallest absolute Gasteiger partial charge is 0.0707 e. The van der Waals surface area contributed by atoms with Gasteiger partial charge in [0, 0.05) is 19.1 Å². The van der Waals surface area contributed by atoms with Gasteiger partial charge in [0.15, 0.2) is 0 Å². The quantitative estimate of drug-likeness (QED) is 0.695. The number of hydrogen-bond acceptors (Lipinski definition) is 3. The zero-order chi connectivity index (χ0) is 15.1. The first-order chi connectivity index (χ1) is 10.2. The molecule has 1 heterocycles. The number of ether oxygens (including phenoxy) is 1. The molecule has 0 aromatic rings. The van der Waals surface area contributed by atoms with E-state index in [1.807, 2.05) is 0 Å². The molecule has 3 nitrogen and oxygen atoms in total. The molecule has 0 radical (unpaired) electrons. The minimum absolute atomic E-state index is 0.450. The van der Waals surface area contributed by atoms with E-state index >= 15 is 0 Å². The molecule has 1 saturated heterocycles. The molecule has 3 heteroatoms. The zero-order valence-electron chi connectivity index (χ0n) is 14.4. The highest BCUT2D eigenvalue weighted by Crippen LogP contribution is 2.30. The number of likely N-dealkylation sites (N-methyl/N-ethyl adjacent to an activating group) is 1. The van der Waals surface area contributed by atoms with E-state index in [1.165, 1.54) is 51.4 Å². The second-order valence-electron chi connectivity index (χ2n) is 7.18. The normalized spacial score (nSPS) is 33.7. The topological polar surface area (TPSA) is 24.5 Å². The summed E-state index contributed by atoms with van der Waals surface area (Å²) in [4.78, 5) is 2.58. The lowest BCUT2D eigenvalue weighted by atomic mass is 9.84. The predicted molar refractivity (Wildman–Crippen MR) is 89.7 cm³/mol. The van der Waals surface area contributed by atoms with Crippen LogP contribution in [-0.4, -0.2) is 49.8 Å². The van der Waals surface area contributed by atoms with E-state index in [0.717, 1.165) is 31.6 Å². The van der Waals surface area contributed by atoms with Crippen LogP contribution in [0.25, 0.3) is 0 Å². The maximum Gasteiger partial charge on any atom is 0.0707 e. The van der Waals surface area contributed by atoms with E-state index in [1.54, 1.807) is 0 Å². The third-order valence-corrected chi connectivity index (χ3v) is 5.50. The Morgan fingerprint density at radius 3 is 2.38 bits per heavy atom. The van der Waals surface area contributed by atoms with Crippen molar-refractivity contribution in [3.8, 4) is 0 Å². The number of nitrogens with zero attached hydrogens (tertiary/aromatic N) is 1. The van der Waals surface area contributed by atoms with Gasteiger partial charge in [-0.3, -0.25) is 0 Å². The van der Waals surface area contributed by atoms with Gasteiger partial charge in [0.1, 0.15) is 0 Å². The molecular formula is C18H36N2O. The van der Waals surface area contributed by atoms with E-state index in [4.69, 9.17) is 4.74 Å². The summed E-state index contributed by atoms with van der Waals surface area (Å²) in [5.74, 6) is 0.992. The van der Waals surface area contributed by atoms with E-state index in [0.29, 0.717) is 12.2 Å². The predicted octanol–water partition coefficient (Wildman–Crippen LogP) is 3.43. The third-order valence-electron chi connectivity index (χ3n) is 5.50. The van der Waals surface area contributed by atoms with Gasteiger partial charge < -0.3 is 15.0 Å². The Kier molecular flexibility index (Phi) is 7.48. The Morgan fingerprint density at radius 2 is 1.71 bits per heavy atom. The molecule has 2 rings (SSSR count). The van der Waals surface area contributed by atoms with Gasteiger partial charge in [0.05, 0.1) is 12.2 Å². The lowest BCUT2D eigenvalue weighted by molar-refractivity contribution is 0.0155. The molecule has 1 saturated carbocycles. The maximum atomic E-state index is 6.21. The fourth-order valence-electron chi connectivity index (χ4n) is 3.97. The van der Waals surface area contributed by atoms with Crippen molar-refractivity contribution >= 4 is 0 Å². The summed E-state index contributed by atoms with van der Waals surface area (Å²) in [6.07, 6.45) is 11.6.